The average molecular weight is 287 g/mol. The molecule has 0 fully saturated rings. The molecule has 1 aromatic heterocycles. The molecule has 2 aromatic rings. The number of hydrogen-bond acceptors (Lipinski definition) is 4. The summed E-state index contributed by atoms with van der Waals surface area (Å²) in [6, 6.07) is 9.54. The van der Waals surface area contributed by atoms with Crippen molar-refractivity contribution in [1.82, 2.24) is 9.88 Å². The van der Waals surface area contributed by atoms with E-state index in [9.17, 15) is 4.79 Å². The van der Waals surface area contributed by atoms with Gasteiger partial charge in [-0.05, 0) is 18.6 Å². The lowest BCUT2D eigenvalue weighted by Crippen LogP contribution is -2.30. The standard InChI is InChI=1S/C16H21N3O2/c1-3-8-17-14-11-15(16(21)19(2)9-10-20)18-13-7-5-4-6-12(13)14/h4-7,11,20H,3,8-10H2,1-2H3,(H,17,18). The number of nitrogens with zero attached hydrogens (tertiary/aromatic N) is 2. The molecule has 0 spiro atoms. The zero-order valence-electron chi connectivity index (χ0n) is 12.5. The number of likely N-dealkylation sites (N-methyl/N-ethyl adjacent to an activating group) is 1. The summed E-state index contributed by atoms with van der Waals surface area (Å²) in [5.74, 6) is -0.186. The van der Waals surface area contributed by atoms with E-state index in [0.717, 1.165) is 29.6 Å². The summed E-state index contributed by atoms with van der Waals surface area (Å²) >= 11 is 0. The summed E-state index contributed by atoms with van der Waals surface area (Å²) in [7, 11) is 1.66. The molecule has 2 rings (SSSR count). The van der Waals surface area contributed by atoms with Gasteiger partial charge in [0.15, 0.2) is 0 Å². The number of hydrogen-bond donors (Lipinski definition) is 2. The third-order valence-electron chi connectivity index (χ3n) is 3.28. The lowest BCUT2D eigenvalue weighted by Gasteiger charge is -2.17. The van der Waals surface area contributed by atoms with Gasteiger partial charge < -0.3 is 15.3 Å². The average Bonchev–Trinajstić information content (AvgIpc) is 2.51. The van der Waals surface area contributed by atoms with E-state index in [4.69, 9.17) is 5.11 Å². The Morgan fingerprint density at radius 1 is 1.38 bits per heavy atom. The Morgan fingerprint density at radius 3 is 2.86 bits per heavy atom. The Hall–Kier alpha value is -2.14. The minimum absolute atomic E-state index is 0.0588. The third kappa shape index (κ3) is 3.49. The predicted molar refractivity (Wildman–Crippen MR) is 84.6 cm³/mol. The Balaban J connectivity index is 2.42. The van der Waals surface area contributed by atoms with Crippen molar-refractivity contribution >= 4 is 22.5 Å². The van der Waals surface area contributed by atoms with Gasteiger partial charge in [0.25, 0.3) is 5.91 Å². The van der Waals surface area contributed by atoms with Crippen molar-refractivity contribution in [3.8, 4) is 0 Å². The van der Waals surface area contributed by atoms with Crippen LogP contribution in [0.15, 0.2) is 30.3 Å². The zero-order valence-corrected chi connectivity index (χ0v) is 12.5. The van der Waals surface area contributed by atoms with Crippen molar-refractivity contribution in [2.24, 2.45) is 0 Å². The number of anilines is 1. The minimum Gasteiger partial charge on any atom is -0.395 e. The number of carbonyl (C=O) groups is 1. The van der Waals surface area contributed by atoms with Crippen molar-refractivity contribution in [1.29, 1.82) is 0 Å². The number of pyridine rings is 1. The molecule has 1 heterocycles. The van der Waals surface area contributed by atoms with E-state index < -0.39 is 0 Å². The van der Waals surface area contributed by atoms with Crippen LogP contribution in [-0.2, 0) is 0 Å². The van der Waals surface area contributed by atoms with E-state index >= 15 is 0 Å². The van der Waals surface area contributed by atoms with E-state index in [2.05, 4.69) is 17.2 Å². The molecule has 0 aliphatic rings. The summed E-state index contributed by atoms with van der Waals surface area (Å²) in [4.78, 5) is 18.2. The number of rotatable bonds is 6. The normalized spacial score (nSPS) is 10.6. The van der Waals surface area contributed by atoms with E-state index in [0.29, 0.717) is 12.2 Å². The largest absolute Gasteiger partial charge is 0.395 e. The van der Waals surface area contributed by atoms with Gasteiger partial charge in [-0.3, -0.25) is 4.79 Å². The van der Waals surface area contributed by atoms with Gasteiger partial charge in [0, 0.05) is 31.2 Å². The summed E-state index contributed by atoms with van der Waals surface area (Å²) in [6.07, 6.45) is 1.00. The highest BCUT2D eigenvalue weighted by Gasteiger charge is 2.15. The number of aliphatic hydroxyl groups excluding tert-OH is 1. The van der Waals surface area contributed by atoms with Gasteiger partial charge in [0.05, 0.1) is 12.1 Å². The topological polar surface area (TPSA) is 65.5 Å². The molecule has 0 aliphatic carbocycles. The van der Waals surface area contributed by atoms with Gasteiger partial charge in [0.1, 0.15) is 5.69 Å². The number of fused-ring (bicyclic) bond motifs is 1. The molecule has 5 nitrogen and oxygen atoms in total. The van der Waals surface area contributed by atoms with Gasteiger partial charge in [-0.15, -0.1) is 0 Å². The van der Waals surface area contributed by atoms with Crippen LogP contribution < -0.4 is 5.32 Å². The van der Waals surface area contributed by atoms with Crippen molar-refractivity contribution in [2.45, 2.75) is 13.3 Å². The Bertz CT molecular complexity index is 628. The number of aromatic nitrogens is 1. The second kappa shape index (κ2) is 7.04. The fourth-order valence-electron chi connectivity index (χ4n) is 2.14. The van der Waals surface area contributed by atoms with Crippen molar-refractivity contribution in [2.75, 3.05) is 32.1 Å². The molecule has 0 radical (unpaired) electrons. The first-order chi connectivity index (χ1) is 10.2. The summed E-state index contributed by atoms with van der Waals surface area (Å²) in [5, 5.41) is 13.3. The van der Waals surface area contributed by atoms with E-state index in [1.54, 1.807) is 13.1 Å². The van der Waals surface area contributed by atoms with Crippen LogP contribution in [-0.4, -0.2) is 47.6 Å². The summed E-state index contributed by atoms with van der Waals surface area (Å²) < 4.78 is 0. The summed E-state index contributed by atoms with van der Waals surface area (Å²) in [5.41, 5.74) is 2.10. The molecule has 0 atom stereocenters. The van der Waals surface area contributed by atoms with Crippen LogP contribution in [0, 0.1) is 0 Å². The van der Waals surface area contributed by atoms with Crippen LogP contribution in [0.1, 0.15) is 23.8 Å². The lowest BCUT2D eigenvalue weighted by atomic mass is 10.1. The molecule has 0 bridgehead atoms. The molecule has 5 heteroatoms. The monoisotopic (exact) mass is 287 g/mol. The molecule has 112 valence electrons. The number of para-hydroxylation sites is 1. The maximum atomic E-state index is 12.3. The molecule has 2 N–H and O–H groups in total. The predicted octanol–water partition coefficient (Wildman–Crippen LogP) is 2.12. The van der Waals surface area contributed by atoms with Gasteiger partial charge in [0.2, 0.25) is 0 Å². The smallest absolute Gasteiger partial charge is 0.272 e. The lowest BCUT2D eigenvalue weighted by molar-refractivity contribution is 0.0761. The Morgan fingerprint density at radius 2 is 2.14 bits per heavy atom. The van der Waals surface area contributed by atoms with Crippen LogP contribution >= 0.6 is 0 Å². The van der Waals surface area contributed by atoms with Crippen molar-refractivity contribution in [3.05, 3.63) is 36.0 Å². The first-order valence-corrected chi connectivity index (χ1v) is 7.17. The molecule has 0 unspecified atom stereocenters. The molecule has 1 aromatic carbocycles. The van der Waals surface area contributed by atoms with E-state index in [1.165, 1.54) is 4.90 Å². The van der Waals surface area contributed by atoms with Crippen molar-refractivity contribution in [3.63, 3.8) is 0 Å². The Labute approximate surface area is 124 Å². The first kappa shape index (κ1) is 15.3. The van der Waals surface area contributed by atoms with Gasteiger partial charge in [-0.2, -0.15) is 0 Å². The highest BCUT2D eigenvalue weighted by atomic mass is 16.3. The fourth-order valence-corrected chi connectivity index (χ4v) is 2.14. The number of aliphatic hydroxyl groups is 1. The van der Waals surface area contributed by atoms with E-state index in [-0.39, 0.29) is 12.5 Å². The number of benzene rings is 1. The number of nitrogens with one attached hydrogen (secondary N) is 1. The quantitative estimate of drug-likeness (QED) is 0.854. The van der Waals surface area contributed by atoms with Crippen LogP contribution in [0.4, 0.5) is 5.69 Å². The highest BCUT2D eigenvalue weighted by molar-refractivity contribution is 5.99. The first-order valence-electron chi connectivity index (χ1n) is 7.17. The van der Waals surface area contributed by atoms with Crippen LogP contribution in [0.25, 0.3) is 10.9 Å². The molecular formula is C16H21N3O2. The van der Waals surface area contributed by atoms with Gasteiger partial charge in [-0.25, -0.2) is 4.98 Å². The number of amides is 1. The SMILES string of the molecule is CCCNc1cc(C(=O)N(C)CCO)nc2ccccc12. The second-order valence-electron chi connectivity index (χ2n) is 4.95. The molecule has 0 saturated carbocycles. The zero-order chi connectivity index (χ0) is 15.2. The van der Waals surface area contributed by atoms with Crippen LogP contribution in [0.3, 0.4) is 0 Å². The minimum atomic E-state index is -0.186. The highest BCUT2D eigenvalue weighted by Crippen LogP contribution is 2.23. The molecule has 21 heavy (non-hydrogen) atoms. The van der Waals surface area contributed by atoms with Gasteiger partial charge in [-0.1, -0.05) is 25.1 Å². The second-order valence-corrected chi connectivity index (χ2v) is 4.95. The third-order valence-corrected chi connectivity index (χ3v) is 3.28. The van der Waals surface area contributed by atoms with Crippen LogP contribution in [0.5, 0.6) is 0 Å². The molecular weight excluding hydrogens is 266 g/mol. The molecule has 0 aliphatic heterocycles. The maximum absolute atomic E-state index is 12.3. The van der Waals surface area contributed by atoms with Crippen molar-refractivity contribution < 1.29 is 9.90 Å². The molecule has 0 saturated heterocycles. The van der Waals surface area contributed by atoms with E-state index in [1.807, 2.05) is 24.3 Å². The molecule has 1 amide bonds. The maximum Gasteiger partial charge on any atom is 0.272 e. The van der Waals surface area contributed by atoms with Gasteiger partial charge >= 0.3 is 0 Å². The number of carbonyl (C=O) groups excluding carboxylic acids is 1. The van der Waals surface area contributed by atoms with Crippen LogP contribution in [0.2, 0.25) is 0 Å². The Kier molecular flexibility index (Phi) is 5.11. The summed E-state index contributed by atoms with van der Waals surface area (Å²) in [6.45, 7) is 3.17. The fraction of sp³-hybridized carbons (Fsp3) is 0.375.